The van der Waals surface area contributed by atoms with Crippen molar-refractivity contribution in [3.63, 3.8) is 0 Å². The molecule has 0 aliphatic carbocycles. The van der Waals surface area contributed by atoms with Crippen molar-refractivity contribution in [3.05, 3.63) is 65.4 Å². The number of rotatable bonds is 12. The Bertz CT molecular complexity index is 1270. The molecule has 7 nitrogen and oxygen atoms in total. The van der Waals surface area contributed by atoms with Crippen LogP contribution in [0.1, 0.15) is 49.3 Å². The van der Waals surface area contributed by atoms with Crippen LogP contribution in [0.4, 0.5) is 13.2 Å². The lowest BCUT2D eigenvalue weighted by Crippen LogP contribution is -2.42. The highest BCUT2D eigenvalue weighted by molar-refractivity contribution is 5.85. The van der Waals surface area contributed by atoms with E-state index in [4.69, 9.17) is 9.47 Å². The fourth-order valence-electron chi connectivity index (χ4n) is 5.44. The number of carboxylic acids is 1. The third-order valence-electron chi connectivity index (χ3n) is 7.58. The van der Waals surface area contributed by atoms with E-state index in [0.29, 0.717) is 66.7 Å². The molecule has 2 aromatic carbocycles. The van der Waals surface area contributed by atoms with Crippen molar-refractivity contribution in [2.45, 2.75) is 44.9 Å². The summed E-state index contributed by atoms with van der Waals surface area (Å²) in [5.74, 6) is -1.64. The molecule has 0 radical (unpaired) electrons. The number of pyridine rings is 1. The number of fused-ring (bicyclic) bond motifs is 1. The van der Waals surface area contributed by atoms with Crippen LogP contribution in [-0.2, 0) is 11.5 Å². The summed E-state index contributed by atoms with van der Waals surface area (Å²) in [4.78, 5) is 18.2. The highest BCUT2D eigenvalue weighted by Crippen LogP contribution is 2.42. The molecule has 3 aromatic rings. The molecule has 2 N–H and O–H groups in total. The Hall–Kier alpha value is -3.37. The van der Waals surface area contributed by atoms with Gasteiger partial charge in [-0.2, -0.15) is 0 Å². The van der Waals surface area contributed by atoms with E-state index in [1.165, 1.54) is 13.3 Å². The molecule has 1 aliphatic rings. The number of alkyl halides is 1. The van der Waals surface area contributed by atoms with Gasteiger partial charge in [0.15, 0.2) is 0 Å². The number of ether oxygens (including phenoxy) is 2. The molecule has 1 saturated heterocycles. The summed E-state index contributed by atoms with van der Waals surface area (Å²) in [5, 5.41) is 21.5. The fourth-order valence-corrected chi connectivity index (χ4v) is 5.44. The molecule has 2 heterocycles. The number of aliphatic hydroxyl groups excluding tert-OH is 1. The van der Waals surface area contributed by atoms with Crippen LogP contribution in [0.15, 0.2) is 42.6 Å². The minimum atomic E-state index is -1.00. The summed E-state index contributed by atoms with van der Waals surface area (Å²) in [6.45, 7) is 1.21. The van der Waals surface area contributed by atoms with Gasteiger partial charge in [-0.15, -0.1) is 0 Å². The quantitative estimate of drug-likeness (QED) is 0.313. The smallest absolute Gasteiger partial charge is 0.303 e. The van der Waals surface area contributed by atoms with Crippen molar-refractivity contribution in [3.8, 4) is 11.5 Å². The van der Waals surface area contributed by atoms with E-state index in [0.717, 1.165) is 18.2 Å². The Balaban J connectivity index is 1.40. The van der Waals surface area contributed by atoms with Gasteiger partial charge in [-0.25, -0.2) is 13.2 Å². The number of carboxylic acid groups (broad SMARTS) is 1. The lowest BCUT2D eigenvalue weighted by Gasteiger charge is -2.41. The van der Waals surface area contributed by atoms with Crippen LogP contribution < -0.4 is 9.47 Å². The van der Waals surface area contributed by atoms with Gasteiger partial charge in [0.2, 0.25) is 0 Å². The normalized spacial score (nSPS) is 16.2. The lowest BCUT2D eigenvalue weighted by atomic mass is 9.71. The first-order valence-electron chi connectivity index (χ1n) is 12.9. The van der Waals surface area contributed by atoms with E-state index in [9.17, 15) is 28.2 Å². The summed E-state index contributed by atoms with van der Waals surface area (Å²) < 4.78 is 51.4. The van der Waals surface area contributed by atoms with Gasteiger partial charge in [-0.05, 0) is 68.0 Å². The van der Waals surface area contributed by atoms with Crippen LogP contribution in [0, 0.1) is 17.0 Å². The van der Waals surface area contributed by atoms with Crippen LogP contribution >= 0.6 is 0 Å². The molecule has 0 saturated carbocycles. The van der Waals surface area contributed by atoms with Crippen LogP contribution in [0.5, 0.6) is 11.5 Å². The molecule has 1 fully saturated rings. The zero-order valence-electron chi connectivity index (χ0n) is 21.8. The number of hydrogen-bond donors (Lipinski definition) is 2. The molecule has 39 heavy (non-hydrogen) atoms. The zero-order chi connectivity index (χ0) is 28.0. The fraction of sp³-hybridized carbons (Fsp3) is 0.448. The van der Waals surface area contributed by atoms with E-state index < -0.39 is 35.8 Å². The highest BCUT2D eigenvalue weighted by atomic mass is 19.1. The number of hydrogen-bond acceptors (Lipinski definition) is 6. The number of piperidine rings is 1. The Labute approximate surface area is 225 Å². The molecule has 0 amide bonds. The first kappa shape index (κ1) is 28.6. The average molecular weight is 547 g/mol. The SMILES string of the molecule is COc1ccc2ncc(CF)c([C@H](O)CCC3(CC(=O)O)CCN(CCOc4cc(F)cc(F)c4)CC3)c2c1. The van der Waals surface area contributed by atoms with Crippen LogP contribution in [0.2, 0.25) is 0 Å². The van der Waals surface area contributed by atoms with Crippen molar-refractivity contribution in [1.29, 1.82) is 0 Å². The van der Waals surface area contributed by atoms with Gasteiger partial charge in [0, 0.05) is 41.9 Å². The molecule has 0 bridgehead atoms. The predicted molar refractivity (Wildman–Crippen MR) is 140 cm³/mol. The van der Waals surface area contributed by atoms with E-state index in [2.05, 4.69) is 9.88 Å². The van der Waals surface area contributed by atoms with Crippen molar-refractivity contribution in [2.75, 3.05) is 33.4 Å². The average Bonchev–Trinajstić information content (AvgIpc) is 2.91. The molecule has 10 heteroatoms. The molecule has 210 valence electrons. The molecule has 0 unspecified atom stereocenters. The lowest BCUT2D eigenvalue weighted by molar-refractivity contribution is -0.141. The molecule has 0 spiro atoms. The maximum atomic E-state index is 13.9. The van der Waals surface area contributed by atoms with Crippen molar-refractivity contribution in [2.24, 2.45) is 5.41 Å². The molecular weight excluding hydrogens is 513 g/mol. The van der Waals surface area contributed by atoms with Crippen LogP contribution in [-0.4, -0.2) is 59.4 Å². The summed E-state index contributed by atoms with van der Waals surface area (Å²) in [7, 11) is 1.53. The van der Waals surface area contributed by atoms with Crippen molar-refractivity contribution >= 4 is 16.9 Å². The number of aromatic nitrogens is 1. The zero-order valence-corrected chi connectivity index (χ0v) is 21.8. The minimum Gasteiger partial charge on any atom is -0.497 e. The van der Waals surface area contributed by atoms with Gasteiger partial charge < -0.3 is 19.7 Å². The maximum Gasteiger partial charge on any atom is 0.303 e. The number of methoxy groups -OCH3 is 1. The topological polar surface area (TPSA) is 92.1 Å². The number of carbonyl (C=O) groups is 1. The van der Waals surface area contributed by atoms with Gasteiger partial charge >= 0.3 is 5.97 Å². The second kappa shape index (κ2) is 12.7. The minimum absolute atomic E-state index is 0.0342. The van der Waals surface area contributed by atoms with E-state index in [1.54, 1.807) is 18.2 Å². The Kier molecular flexibility index (Phi) is 9.29. The summed E-state index contributed by atoms with van der Waals surface area (Å²) in [6.07, 6.45) is 2.31. The maximum absolute atomic E-state index is 13.9. The van der Waals surface area contributed by atoms with Crippen LogP contribution in [0.3, 0.4) is 0 Å². The van der Waals surface area contributed by atoms with Gasteiger partial charge in [0.25, 0.3) is 0 Å². The number of aliphatic hydroxyl groups is 1. The van der Waals surface area contributed by atoms with Gasteiger partial charge in [0.05, 0.1) is 25.2 Å². The van der Waals surface area contributed by atoms with E-state index in [1.807, 2.05) is 0 Å². The molecule has 1 aliphatic heterocycles. The predicted octanol–water partition coefficient (Wildman–Crippen LogP) is 5.44. The van der Waals surface area contributed by atoms with Crippen LogP contribution in [0.25, 0.3) is 10.9 Å². The van der Waals surface area contributed by atoms with E-state index in [-0.39, 0.29) is 25.2 Å². The third-order valence-corrected chi connectivity index (χ3v) is 7.58. The Morgan fingerprint density at radius 3 is 2.49 bits per heavy atom. The largest absolute Gasteiger partial charge is 0.497 e. The third kappa shape index (κ3) is 7.19. The summed E-state index contributed by atoms with van der Waals surface area (Å²) >= 11 is 0. The monoisotopic (exact) mass is 546 g/mol. The number of aliphatic carboxylic acids is 1. The standard InChI is InChI=1S/C29H33F3N2O5/c1-38-22-2-3-25-24(15-22)28(19(17-30)18-33-25)26(35)4-5-29(16-27(36)37)6-8-34(9-7-29)10-11-39-23-13-20(31)12-21(32)14-23/h2-3,12-15,18,26,35H,4-11,16-17H2,1H3,(H,36,37)/t26-/m1/s1. The number of benzene rings is 2. The highest BCUT2D eigenvalue weighted by Gasteiger charge is 2.37. The summed E-state index contributed by atoms with van der Waals surface area (Å²) in [6, 6.07) is 8.26. The molecule has 4 rings (SSSR count). The molecule has 1 aromatic heterocycles. The van der Waals surface area contributed by atoms with Crippen molar-refractivity contribution < 1.29 is 37.7 Å². The second-order valence-electron chi connectivity index (χ2n) is 10.1. The number of likely N-dealkylation sites (tertiary alicyclic amines) is 1. The Morgan fingerprint density at radius 1 is 1.13 bits per heavy atom. The molecule has 1 atom stereocenters. The first-order chi connectivity index (χ1) is 18.7. The van der Waals surface area contributed by atoms with E-state index >= 15 is 0 Å². The van der Waals surface area contributed by atoms with Gasteiger partial charge in [0.1, 0.15) is 36.4 Å². The first-order valence-corrected chi connectivity index (χ1v) is 12.9. The summed E-state index contributed by atoms with van der Waals surface area (Å²) in [5.41, 5.74) is 0.837. The van der Waals surface area contributed by atoms with Crippen molar-refractivity contribution in [1.82, 2.24) is 9.88 Å². The molecular formula is C29H33F3N2O5. The van der Waals surface area contributed by atoms with Gasteiger partial charge in [-0.1, -0.05) is 0 Å². The number of halogens is 3. The van der Waals surface area contributed by atoms with Gasteiger partial charge in [-0.3, -0.25) is 14.7 Å². The Morgan fingerprint density at radius 2 is 1.85 bits per heavy atom. The number of nitrogens with zero attached hydrogens (tertiary/aromatic N) is 2. The second-order valence-corrected chi connectivity index (χ2v) is 10.1.